The molecule has 0 unspecified atom stereocenters. The zero-order chi connectivity index (χ0) is 18.3. The summed E-state index contributed by atoms with van der Waals surface area (Å²) in [4.78, 5) is 27.0. The maximum absolute atomic E-state index is 12.7. The molecule has 4 rings (SSSR count). The Bertz CT molecular complexity index is 891. The van der Waals surface area contributed by atoms with Gasteiger partial charge in [-0.2, -0.15) is 0 Å². The number of hydrogen-bond donors (Lipinski definition) is 3. The van der Waals surface area contributed by atoms with Gasteiger partial charge in [-0.3, -0.25) is 9.59 Å². The summed E-state index contributed by atoms with van der Waals surface area (Å²) >= 11 is 5.94. The highest BCUT2D eigenvalue weighted by Crippen LogP contribution is 2.36. The summed E-state index contributed by atoms with van der Waals surface area (Å²) in [6, 6.07) is 12.0. The number of fused-ring (bicyclic) bond motifs is 1. The highest BCUT2D eigenvalue weighted by Gasteiger charge is 2.45. The SMILES string of the molecule is O=C(c1cc(Cl)ccc1O)N1CCC2(CC1)Nc1ccccc1NC2=O. The first-order valence-electron chi connectivity index (χ1n) is 8.45. The number of phenols is 1. The first kappa shape index (κ1) is 16.7. The topological polar surface area (TPSA) is 81.7 Å². The first-order valence-corrected chi connectivity index (χ1v) is 8.83. The lowest BCUT2D eigenvalue weighted by Gasteiger charge is -2.44. The molecule has 2 aromatic carbocycles. The van der Waals surface area contributed by atoms with Crippen molar-refractivity contribution in [3.63, 3.8) is 0 Å². The molecule has 7 heteroatoms. The van der Waals surface area contributed by atoms with Gasteiger partial charge in [0.25, 0.3) is 5.91 Å². The molecule has 1 saturated heterocycles. The monoisotopic (exact) mass is 371 g/mol. The number of rotatable bonds is 1. The van der Waals surface area contributed by atoms with Crippen LogP contribution in [0.4, 0.5) is 11.4 Å². The Balaban J connectivity index is 1.51. The van der Waals surface area contributed by atoms with Gasteiger partial charge in [-0.15, -0.1) is 0 Å². The Morgan fingerprint density at radius 3 is 2.54 bits per heavy atom. The molecule has 0 aliphatic carbocycles. The van der Waals surface area contributed by atoms with Crippen LogP contribution in [0.25, 0.3) is 0 Å². The molecule has 1 spiro atoms. The van der Waals surface area contributed by atoms with E-state index in [0.29, 0.717) is 31.0 Å². The number of anilines is 2. The Kier molecular flexibility index (Phi) is 4.00. The van der Waals surface area contributed by atoms with Gasteiger partial charge in [0.05, 0.1) is 16.9 Å². The van der Waals surface area contributed by atoms with Gasteiger partial charge in [0.2, 0.25) is 5.91 Å². The molecule has 2 aromatic rings. The number of benzene rings is 2. The van der Waals surface area contributed by atoms with Crippen molar-refractivity contribution in [3.05, 3.63) is 53.1 Å². The van der Waals surface area contributed by atoms with Crippen molar-refractivity contribution >= 4 is 34.8 Å². The molecule has 2 heterocycles. The lowest BCUT2D eigenvalue weighted by Crippen LogP contribution is -2.59. The van der Waals surface area contributed by atoms with Crippen molar-refractivity contribution in [2.45, 2.75) is 18.4 Å². The second-order valence-electron chi connectivity index (χ2n) is 6.66. The van der Waals surface area contributed by atoms with Crippen molar-refractivity contribution in [2.24, 2.45) is 0 Å². The van der Waals surface area contributed by atoms with Crippen LogP contribution in [0.1, 0.15) is 23.2 Å². The van der Waals surface area contributed by atoms with Gasteiger partial charge in [0, 0.05) is 18.1 Å². The summed E-state index contributed by atoms with van der Waals surface area (Å²) in [5.74, 6) is -0.451. The Labute approximate surface area is 155 Å². The van der Waals surface area contributed by atoms with E-state index in [-0.39, 0.29) is 23.1 Å². The number of piperidine rings is 1. The van der Waals surface area contributed by atoms with Crippen molar-refractivity contribution in [3.8, 4) is 5.75 Å². The Morgan fingerprint density at radius 1 is 1.12 bits per heavy atom. The second-order valence-corrected chi connectivity index (χ2v) is 7.10. The number of carbonyl (C=O) groups is 2. The van der Waals surface area contributed by atoms with Gasteiger partial charge < -0.3 is 20.6 Å². The number of phenolic OH excluding ortho intramolecular Hbond substituents is 1. The molecule has 26 heavy (non-hydrogen) atoms. The summed E-state index contributed by atoms with van der Waals surface area (Å²) in [6.07, 6.45) is 0.973. The van der Waals surface area contributed by atoms with Crippen LogP contribution in [0.15, 0.2) is 42.5 Å². The standard InChI is InChI=1S/C19H18ClN3O3/c20-12-5-6-16(24)13(11-12)17(25)23-9-7-19(8-10-23)18(26)21-14-3-1-2-4-15(14)22-19/h1-6,11,22,24H,7-10H2,(H,21,26). The number of aromatic hydroxyl groups is 1. The summed E-state index contributed by atoms with van der Waals surface area (Å²) in [5, 5.41) is 16.7. The molecule has 2 aliphatic heterocycles. The fourth-order valence-electron chi connectivity index (χ4n) is 3.55. The van der Waals surface area contributed by atoms with Crippen molar-refractivity contribution < 1.29 is 14.7 Å². The molecular weight excluding hydrogens is 354 g/mol. The van der Waals surface area contributed by atoms with E-state index in [1.165, 1.54) is 18.2 Å². The number of likely N-dealkylation sites (tertiary alicyclic amines) is 1. The number of nitrogens with zero attached hydrogens (tertiary/aromatic N) is 1. The van der Waals surface area contributed by atoms with Crippen LogP contribution in [-0.2, 0) is 4.79 Å². The molecule has 134 valence electrons. The minimum atomic E-state index is -0.721. The van der Waals surface area contributed by atoms with Crippen LogP contribution in [-0.4, -0.2) is 40.4 Å². The highest BCUT2D eigenvalue weighted by molar-refractivity contribution is 6.31. The Hall–Kier alpha value is -2.73. The third-order valence-electron chi connectivity index (χ3n) is 5.08. The largest absolute Gasteiger partial charge is 0.507 e. The lowest BCUT2D eigenvalue weighted by molar-refractivity contribution is -0.122. The smallest absolute Gasteiger partial charge is 0.257 e. The number of carbonyl (C=O) groups excluding carboxylic acids is 2. The zero-order valence-corrected chi connectivity index (χ0v) is 14.7. The van der Waals surface area contributed by atoms with Crippen molar-refractivity contribution in [1.82, 2.24) is 4.90 Å². The third-order valence-corrected chi connectivity index (χ3v) is 5.31. The minimum absolute atomic E-state index is 0.0751. The molecule has 3 N–H and O–H groups in total. The number of nitrogens with one attached hydrogen (secondary N) is 2. The van der Waals surface area contributed by atoms with Gasteiger partial charge >= 0.3 is 0 Å². The molecule has 0 radical (unpaired) electrons. The van der Waals surface area contributed by atoms with Crippen LogP contribution < -0.4 is 10.6 Å². The molecule has 0 saturated carbocycles. The van der Waals surface area contributed by atoms with E-state index in [0.717, 1.165) is 11.4 Å². The average molecular weight is 372 g/mol. The number of hydrogen-bond acceptors (Lipinski definition) is 4. The van der Waals surface area contributed by atoms with Gasteiger partial charge in [0.1, 0.15) is 11.3 Å². The lowest BCUT2D eigenvalue weighted by atomic mass is 9.84. The zero-order valence-electron chi connectivity index (χ0n) is 14.0. The molecule has 2 aliphatic rings. The van der Waals surface area contributed by atoms with Gasteiger partial charge in [-0.25, -0.2) is 0 Å². The van der Waals surface area contributed by atoms with Crippen LogP contribution in [0.2, 0.25) is 5.02 Å². The van der Waals surface area contributed by atoms with Gasteiger partial charge in [0.15, 0.2) is 0 Å². The molecule has 1 fully saturated rings. The Morgan fingerprint density at radius 2 is 1.81 bits per heavy atom. The molecule has 0 aromatic heterocycles. The van der Waals surface area contributed by atoms with Crippen molar-refractivity contribution in [1.29, 1.82) is 0 Å². The van der Waals surface area contributed by atoms with E-state index >= 15 is 0 Å². The van der Waals surface area contributed by atoms with E-state index in [1.807, 2.05) is 24.3 Å². The number of amides is 2. The second kappa shape index (κ2) is 6.21. The fraction of sp³-hybridized carbons (Fsp3) is 0.263. The highest BCUT2D eigenvalue weighted by atomic mass is 35.5. The number of halogens is 1. The molecule has 2 amide bonds. The number of para-hydroxylation sites is 2. The van der Waals surface area contributed by atoms with Crippen molar-refractivity contribution in [2.75, 3.05) is 23.7 Å². The van der Waals surface area contributed by atoms with Gasteiger partial charge in [-0.1, -0.05) is 23.7 Å². The van der Waals surface area contributed by atoms with Crippen LogP contribution in [0.5, 0.6) is 5.75 Å². The molecule has 0 atom stereocenters. The van der Waals surface area contributed by atoms with Gasteiger partial charge in [-0.05, 0) is 43.2 Å². The van der Waals surface area contributed by atoms with E-state index in [1.54, 1.807) is 4.90 Å². The molecule has 6 nitrogen and oxygen atoms in total. The quantitative estimate of drug-likeness (QED) is 0.719. The minimum Gasteiger partial charge on any atom is -0.507 e. The van der Waals surface area contributed by atoms with E-state index in [4.69, 9.17) is 11.6 Å². The third kappa shape index (κ3) is 2.76. The van der Waals surface area contributed by atoms with Crippen LogP contribution in [0, 0.1) is 0 Å². The first-order chi connectivity index (χ1) is 12.5. The summed E-state index contributed by atoms with van der Waals surface area (Å²) in [5.41, 5.74) is 1.12. The molecular formula is C19H18ClN3O3. The van der Waals surface area contributed by atoms with E-state index in [2.05, 4.69) is 10.6 Å². The van der Waals surface area contributed by atoms with Crippen LogP contribution in [0.3, 0.4) is 0 Å². The predicted octanol–water partition coefficient (Wildman–Crippen LogP) is 3.08. The fourth-order valence-corrected chi connectivity index (χ4v) is 3.72. The molecule has 0 bridgehead atoms. The maximum Gasteiger partial charge on any atom is 0.257 e. The van der Waals surface area contributed by atoms with E-state index < -0.39 is 5.54 Å². The summed E-state index contributed by atoms with van der Waals surface area (Å²) in [6.45, 7) is 0.820. The average Bonchev–Trinajstić information content (AvgIpc) is 2.65. The summed E-state index contributed by atoms with van der Waals surface area (Å²) in [7, 11) is 0. The van der Waals surface area contributed by atoms with E-state index in [9.17, 15) is 14.7 Å². The maximum atomic E-state index is 12.7. The predicted molar refractivity (Wildman–Crippen MR) is 99.7 cm³/mol. The normalized spacial score (nSPS) is 18.0. The van der Waals surface area contributed by atoms with Crippen LogP contribution >= 0.6 is 11.6 Å². The summed E-state index contributed by atoms with van der Waals surface area (Å²) < 4.78 is 0.